The number of esters is 1. The molecule has 0 radical (unpaired) electrons. The van der Waals surface area contributed by atoms with Gasteiger partial charge in [-0.2, -0.15) is 5.10 Å². The van der Waals surface area contributed by atoms with Gasteiger partial charge in [0, 0.05) is 6.61 Å². The average Bonchev–Trinajstić information content (AvgIpc) is 2.93. The van der Waals surface area contributed by atoms with Crippen molar-refractivity contribution in [3.63, 3.8) is 0 Å². The molecule has 2 N–H and O–H groups in total. The number of hydrogen-bond donors (Lipinski definition) is 1. The molecule has 2 heterocycles. The van der Waals surface area contributed by atoms with E-state index in [1.807, 2.05) is 30.3 Å². The van der Waals surface area contributed by atoms with Crippen molar-refractivity contribution in [2.45, 2.75) is 25.4 Å². The maximum Gasteiger partial charge on any atom is 0.359 e. The minimum atomic E-state index is -0.495. The van der Waals surface area contributed by atoms with E-state index in [1.165, 1.54) is 7.11 Å². The molecule has 1 unspecified atom stereocenters. The number of nitrogens with two attached hydrogens (primary N) is 1. The molecular formula is C16H19N3O3. The Hall–Kier alpha value is -2.34. The van der Waals surface area contributed by atoms with Gasteiger partial charge in [0.05, 0.1) is 24.5 Å². The van der Waals surface area contributed by atoms with E-state index >= 15 is 0 Å². The van der Waals surface area contributed by atoms with Gasteiger partial charge in [-0.05, 0) is 31.4 Å². The topological polar surface area (TPSA) is 79.4 Å². The number of nitrogen functional groups attached to an aromatic ring is 1. The Kier molecular flexibility index (Phi) is 4.11. The number of benzene rings is 1. The summed E-state index contributed by atoms with van der Waals surface area (Å²) >= 11 is 0. The molecule has 1 saturated heterocycles. The number of para-hydroxylation sites is 1. The SMILES string of the molecule is COC(=O)c1nn(-c2ccccc2)c(N)c1C1CCCCO1. The van der Waals surface area contributed by atoms with E-state index in [2.05, 4.69) is 5.10 Å². The molecule has 22 heavy (non-hydrogen) atoms. The summed E-state index contributed by atoms with van der Waals surface area (Å²) in [6.07, 6.45) is 2.69. The van der Waals surface area contributed by atoms with Crippen LogP contribution in [0, 0.1) is 0 Å². The van der Waals surface area contributed by atoms with Crippen molar-refractivity contribution in [2.24, 2.45) is 0 Å². The highest BCUT2D eigenvalue weighted by molar-refractivity contribution is 5.90. The highest BCUT2D eigenvalue weighted by Gasteiger charge is 2.30. The molecule has 2 aromatic rings. The van der Waals surface area contributed by atoms with Crippen LogP contribution < -0.4 is 5.73 Å². The summed E-state index contributed by atoms with van der Waals surface area (Å²) in [4.78, 5) is 12.1. The molecule has 0 bridgehead atoms. The minimum absolute atomic E-state index is 0.208. The van der Waals surface area contributed by atoms with Gasteiger partial charge >= 0.3 is 5.97 Å². The third kappa shape index (κ3) is 2.57. The molecule has 6 nitrogen and oxygen atoms in total. The normalized spacial score (nSPS) is 18.1. The van der Waals surface area contributed by atoms with E-state index in [0.717, 1.165) is 24.9 Å². The van der Waals surface area contributed by atoms with Crippen molar-refractivity contribution in [2.75, 3.05) is 19.5 Å². The maximum atomic E-state index is 12.1. The third-order valence-corrected chi connectivity index (χ3v) is 3.84. The van der Waals surface area contributed by atoms with Crippen LogP contribution >= 0.6 is 0 Å². The summed E-state index contributed by atoms with van der Waals surface area (Å²) in [5.41, 5.74) is 7.94. The van der Waals surface area contributed by atoms with Crippen LogP contribution in [0.1, 0.15) is 41.4 Å². The summed E-state index contributed by atoms with van der Waals surface area (Å²) in [5.74, 6) is -0.0657. The lowest BCUT2D eigenvalue weighted by Gasteiger charge is -2.22. The number of anilines is 1. The number of aromatic nitrogens is 2. The van der Waals surface area contributed by atoms with Crippen molar-refractivity contribution < 1.29 is 14.3 Å². The molecule has 0 spiro atoms. The highest BCUT2D eigenvalue weighted by Crippen LogP contribution is 2.35. The first-order valence-corrected chi connectivity index (χ1v) is 7.36. The zero-order valence-corrected chi connectivity index (χ0v) is 12.5. The number of hydrogen-bond acceptors (Lipinski definition) is 5. The Morgan fingerprint density at radius 1 is 1.36 bits per heavy atom. The molecule has 0 aliphatic carbocycles. The second-order valence-electron chi connectivity index (χ2n) is 5.24. The monoisotopic (exact) mass is 301 g/mol. The highest BCUT2D eigenvalue weighted by atomic mass is 16.5. The fraction of sp³-hybridized carbons (Fsp3) is 0.375. The van der Waals surface area contributed by atoms with E-state index in [4.69, 9.17) is 15.2 Å². The van der Waals surface area contributed by atoms with E-state index in [-0.39, 0.29) is 11.8 Å². The quantitative estimate of drug-likeness (QED) is 0.881. The molecule has 1 aromatic heterocycles. The van der Waals surface area contributed by atoms with E-state index in [1.54, 1.807) is 4.68 Å². The molecule has 1 fully saturated rings. The molecule has 116 valence electrons. The van der Waals surface area contributed by atoms with Gasteiger partial charge in [-0.15, -0.1) is 0 Å². The van der Waals surface area contributed by atoms with Crippen molar-refractivity contribution in [3.05, 3.63) is 41.6 Å². The fourth-order valence-corrected chi connectivity index (χ4v) is 2.74. The number of methoxy groups -OCH3 is 1. The first kappa shape index (κ1) is 14.6. The molecule has 1 aliphatic rings. The zero-order chi connectivity index (χ0) is 15.5. The fourth-order valence-electron chi connectivity index (χ4n) is 2.74. The second-order valence-corrected chi connectivity index (χ2v) is 5.24. The predicted molar refractivity (Wildman–Crippen MR) is 81.9 cm³/mol. The number of nitrogens with zero attached hydrogens (tertiary/aromatic N) is 2. The van der Waals surface area contributed by atoms with Crippen LogP contribution in [-0.2, 0) is 9.47 Å². The lowest BCUT2D eigenvalue weighted by molar-refractivity contribution is 0.0140. The largest absolute Gasteiger partial charge is 0.464 e. The molecule has 1 aliphatic heterocycles. The summed E-state index contributed by atoms with van der Waals surface area (Å²) in [6, 6.07) is 9.47. The second kappa shape index (κ2) is 6.19. The molecule has 6 heteroatoms. The van der Waals surface area contributed by atoms with Gasteiger partial charge in [-0.3, -0.25) is 0 Å². The van der Waals surface area contributed by atoms with Gasteiger partial charge in [-0.1, -0.05) is 18.2 Å². The van der Waals surface area contributed by atoms with Crippen LogP contribution in [-0.4, -0.2) is 29.5 Å². The third-order valence-electron chi connectivity index (χ3n) is 3.84. The van der Waals surface area contributed by atoms with Crippen LogP contribution in [0.15, 0.2) is 30.3 Å². The lowest BCUT2D eigenvalue weighted by Crippen LogP contribution is -2.16. The lowest BCUT2D eigenvalue weighted by atomic mass is 10.0. The van der Waals surface area contributed by atoms with Gasteiger partial charge < -0.3 is 15.2 Å². The molecule has 1 atom stereocenters. The first-order valence-electron chi connectivity index (χ1n) is 7.36. The Morgan fingerprint density at radius 2 is 2.14 bits per heavy atom. The Balaban J connectivity index is 2.10. The molecule has 3 rings (SSSR count). The van der Waals surface area contributed by atoms with Crippen LogP contribution in [0.3, 0.4) is 0 Å². The van der Waals surface area contributed by atoms with Gasteiger partial charge in [0.2, 0.25) is 0 Å². The number of carbonyl (C=O) groups is 1. The smallest absolute Gasteiger partial charge is 0.359 e. The van der Waals surface area contributed by atoms with Crippen LogP contribution in [0.25, 0.3) is 5.69 Å². The molecule has 0 amide bonds. The van der Waals surface area contributed by atoms with Crippen LogP contribution in [0.2, 0.25) is 0 Å². The summed E-state index contributed by atoms with van der Waals surface area (Å²) in [6.45, 7) is 0.668. The Labute approximate surface area is 128 Å². The zero-order valence-electron chi connectivity index (χ0n) is 12.5. The summed E-state index contributed by atoms with van der Waals surface area (Å²) in [7, 11) is 1.34. The van der Waals surface area contributed by atoms with E-state index in [9.17, 15) is 4.79 Å². The number of carbonyl (C=O) groups excluding carboxylic acids is 1. The first-order chi connectivity index (χ1) is 10.7. The van der Waals surface area contributed by atoms with Crippen molar-refractivity contribution in [1.82, 2.24) is 9.78 Å². The van der Waals surface area contributed by atoms with Gasteiger partial charge in [-0.25, -0.2) is 9.48 Å². The van der Waals surface area contributed by atoms with Crippen molar-refractivity contribution in [3.8, 4) is 5.69 Å². The maximum absolute atomic E-state index is 12.1. The van der Waals surface area contributed by atoms with Crippen molar-refractivity contribution in [1.29, 1.82) is 0 Å². The molecular weight excluding hydrogens is 282 g/mol. The van der Waals surface area contributed by atoms with Crippen LogP contribution in [0.5, 0.6) is 0 Å². The van der Waals surface area contributed by atoms with E-state index in [0.29, 0.717) is 18.0 Å². The van der Waals surface area contributed by atoms with Gasteiger partial charge in [0.1, 0.15) is 5.82 Å². The molecule has 0 saturated carbocycles. The summed E-state index contributed by atoms with van der Waals surface area (Å²) in [5, 5.41) is 4.36. The predicted octanol–water partition coefficient (Wildman–Crippen LogP) is 2.48. The summed E-state index contributed by atoms with van der Waals surface area (Å²) < 4.78 is 12.2. The van der Waals surface area contributed by atoms with Gasteiger partial charge in [0.25, 0.3) is 0 Å². The van der Waals surface area contributed by atoms with Crippen molar-refractivity contribution >= 4 is 11.8 Å². The average molecular weight is 301 g/mol. The number of rotatable bonds is 3. The number of ether oxygens (including phenoxy) is 2. The minimum Gasteiger partial charge on any atom is -0.464 e. The van der Waals surface area contributed by atoms with Gasteiger partial charge in [0.15, 0.2) is 5.69 Å². The van der Waals surface area contributed by atoms with Crippen LogP contribution in [0.4, 0.5) is 5.82 Å². The Bertz CT molecular complexity index is 661. The van der Waals surface area contributed by atoms with E-state index < -0.39 is 5.97 Å². The molecule has 1 aromatic carbocycles. The standard InChI is InChI=1S/C16H19N3O3/c1-21-16(20)14-13(12-9-5-6-10-22-12)15(17)19(18-14)11-7-3-2-4-8-11/h2-4,7-8,12H,5-6,9-10,17H2,1H3. The Morgan fingerprint density at radius 3 is 2.77 bits per heavy atom.